The van der Waals surface area contributed by atoms with Gasteiger partial charge in [-0.05, 0) is 0 Å². The van der Waals surface area contributed by atoms with Crippen molar-refractivity contribution in [2.75, 3.05) is 6.61 Å². The number of imidazole rings is 1. The summed E-state index contributed by atoms with van der Waals surface area (Å²) < 4.78 is 7.28. The molecule has 60 valence electrons. The van der Waals surface area contributed by atoms with Crippen LogP contribution in [0.5, 0.6) is 0 Å². The van der Waals surface area contributed by atoms with Gasteiger partial charge < -0.3 is 14.4 Å². The molecule has 1 aliphatic rings. The van der Waals surface area contributed by atoms with Crippen molar-refractivity contribution in [2.24, 2.45) is 0 Å². The summed E-state index contributed by atoms with van der Waals surface area (Å²) in [6.45, 7) is 1.31. The van der Waals surface area contributed by atoms with Gasteiger partial charge in [-0.2, -0.15) is 0 Å². The smallest absolute Gasteiger partial charge is 0.134 e. The molecule has 0 aliphatic carbocycles. The molecular weight excluding hydrogens is 144 g/mol. The fourth-order valence-electron chi connectivity index (χ4n) is 1.22. The summed E-state index contributed by atoms with van der Waals surface area (Å²) in [5, 5.41) is 8.80. The Balaban J connectivity index is 2.18. The van der Waals surface area contributed by atoms with Gasteiger partial charge in [0.25, 0.3) is 0 Å². The third-order valence-electron chi connectivity index (χ3n) is 1.85. The van der Waals surface area contributed by atoms with E-state index in [4.69, 9.17) is 9.84 Å². The minimum Gasteiger partial charge on any atom is -0.394 e. The van der Waals surface area contributed by atoms with E-state index in [1.54, 1.807) is 6.20 Å². The predicted octanol–water partition coefficient (Wildman–Crippen LogP) is -0.226. The van der Waals surface area contributed by atoms with E-state index in [1.807, 2.05) is 10.8 Å². The van der Waals surface area contributed by atoms with Gasteiger partial charge in [0.05, 0.1) is 19.3 Å². The van der Waals surface area contributed by atoms with Gasteiger partial charge in [0.1, 0.15) is 12.4 Å². The molecule has 11 heavy (non-hydrogen) atoms. The molecule has 1 aromatic heterocycles. The minimum atomic E-state index is -0.0586. The van der Waals surface area contributed by atoms with Crippen LogP contribution in [-0.4, -0.2) is 27.4 Å². The molecule has 1 atom stereocenters. The van der Waals surface area contributed by atoms with Crippen LogP contribution in [0.3, 0.4) is 0 Å². The zero-order chi connectivity index (χ0) is 7.68. The van der Waals surface area contributed by atoms with Crippen LogP contribution in [0.2, 0.25) is 0 Å². The normalized spacial score (nSPS) is 23.2. The lowest BCUT2D eigenvalue weighted by Crippen LogP contribution is -2.29. The first-order valence-corrected chi connectivity index (χ1v) is 3.62. The highest BCUT2D eigenvalue weighted by molar-refractivity contribution is 4.93. The second-order valence-electron chi connectivity index (χ2n) is 2.61. The summed E-state index contributed by atoms with van der Waals surface area (Å²) in [5.41, 5.74) is 0. The number of fused-ring (bicyclic) bond motifs is 1. The second kappa shape index (κ2) is 2.64. The average Bonchev–Trinajstić information content (AvgIpc) is 2.50. The molecule has 0 unspecified atom stereocenters. The van der Waals surface area contributed by atoms with E-state index in [1.165, 1.54) is 0 Å². The van der Waals surface area contributed by atoms with Crippen LogP contribution in [0.1, 0.15) is 5.82 Å². The highest BCUT2D eigenvalue weighted by atomic mass is 16.5. The fraction of sp³-hybridized carbons (Fsp3) is 0.571. The number of aliphatic hydroxyl groups excluding tert-OH is 1. The molecule has 4 nitrogen and oxygen atoms in total. The molecule has 1 aromatic rings. The highest BCUT2D eigenvalue weighted by Gasteiger charge is 2.17. The summed E-state index contributed by atoms with van der Waals surface area (Å²) in [7, 11) is 0. The maximum atomic E-state index is 8.80. The van der Waals surface area contributed by atoms with Gasteiger partial charge in [-0.3, -0.25) is 0 Å². The number of nitrogens with zero attached hydrogens (tertiary/aromatic N) is 2. The van der Waals surface area contributed by atoms with Gasteiger partial charge in [0.2, 0.25) is 0 Å². The van der Waals surface area contributed by atoms with Gasteiger partial charge in [0.15, 0.2) is 0 Å². The molecule has 0 fully saturated rings. The Bertz CT molecular complexity index is 246. The van der Waals surface area contributed by atoms with E-state index < -0.39 is 0 Å². The van der Waals surface area contributed by atoms with Crippen LogP contribution in [0.25, 0.3) is 0 Å². The number of hydrogen-bond donors (Lipinski definition) is 1. The molecule has 0 saturated heterocycles. The summed E-state index contributed by atoms with van der Waals surface area (Å²) in [5.74, 6) is 0.940. The van der Waals surface area contributed by atoms with Crippen LogP contribution < -0.4 is 0 Å². The van der Waals surface area contributed by atoms with E-state index in [0.717, 1.165) is 5.82 Å². The molecule has 0 bridgehead atoms. The Morgan fingerprint density at radius 1 is 1.82 bits per heavy atom. The molecule has 0 amide bonds. The van der Waals surface area contributed by atoms with Crippen molar-refractivity contribution < 1.29 is 9.84 Å². The zero-order valence-electron chi connectivity index (χ0n) is 6.10. The molecule has 2 rings (SSSR count). The molecule has 0 aromatic carbocycles. The molecule has 1 N–H and O–H groups in total. The topological polar surface area (TPSA) is 47.3 Å². The van der Waals surface area contributed by atoms with Crippen LogP contribution in [-0.2, 0) is 17.9 Å². The first kappa shape index (κ1) is 6.82. The summed E-state index contributed by atoms with van der Waals surface area (Å²) in [4.78, 5) is 4.08. The standard InChI is InChI=1S/C7H10N2O2/c10-4-6-3-9-2-1-8-7(9)5-11-6/h1-2,6,10H,3-5H2/t6-/m0/s1. The van der Waals surface area contributed by atoms with E-state index >= 15 is 0 Å². The Morgan fingerprint density at radius 2 is 2.73 bits per heavy atom. The first-order chi connectivity index (χ1) is 5.40. The Labute approximate surface area is 64.4 Å². The lowest BCUT2D eigenvalue weighted by Gasteiger charge is -2.22. The van der Waals surface area contributed by atoms with Gasteiger partial charge >= 0.3 is 0 Å². The number of aliphatic hydroxyl groups is 1. The van der Waals surface area contributed by atoms with Crippen molar-refractivity contribution >= 4 is 0 Å². The van der Waals surface area contributed by atoms with Gasteiger partial charge in [0, 0.05) is 12.4 Å². The van der Waals surface area contributed by atoms with E-state index in [-0.39, 0.29) is 12.7 Å². The van der Waals surface area contributed by atoms with E-state index in [2.05, 4.69) is 4.98 Å². The minimum absolute atomic E-state index is 0.0586. The van der Waals surface area contributed by atoms with Crippen molar-refractivity contribution in [1.29, 1.82) is 0 Å². The number of aromatic nitrogens is 2. The Hall–Kier alpha value is -0.870. The summed E-state index contributed by atoms with van der Waals surface area (Å²) >= 11 is 0. The first-order valence-electron chi connectivity index (χ1n) is 3.62. The molecule has 0 radical (unpaired) electrons. The van der Waals surface area contributed by atoms with Crippen LogP contribution in [0.4, 0.5) is 0 Å². The highest BCUT2D eigenvalue weighted by Crippen LogP contribution is 2.10. The summed E-state index contributed by atoms with van der Waals surface area (Å²) in [6, 6.07) is 0. The van der Waals surface area contributed by atoms with Crippen molar-refractivity contribution in [3.05, 3.63) is 18.2 Å². The lowest BCUT2D eigenvalue weighted by molar-refractivity contribution is -0.0293. The Kier molecular flexibility index (Phi) is 1.63. The van der Waals surface area contributed by atoms with Gasteiger partial charge in [-0.15, -0.1) is 0 Å². The number of hydrogen-bond acceptors (Lipinski definition) is 3. The quantitative estimate of drug-likeness (QED) is 0.608. The predicted molar refractivity (Wildman–Crippen MR) is 37.9 cm³/mol. The molecular formula is C7H10N2O2. The average molecular weight is 154 g/mol. The molecule has 1 aliphatic heterocycles. The number of rotatable bonds is 1. The molecule has 0 spiro atoms. The Morgan fingerprint density at radius 3 is 3.55 bits per heavy atom. The lowest BCUT2D eigenvalue weighted by atomic mass is 10.3. The maximum Gasteiger partial charge on any atom is 0.134 e. The van der Waals surface area contributed by atoms with Crippen LogP contribution in [0, 0.1) is 0 Å². The van der Waals surface area contributed by atoms with Crippen molar-refractivity contribution in [3.63, 3.8) is 0 Å². The molecule has 4 heteroatoms. The van der Waals surface area contributed by atoms with Crippen molar-refractivity contribution in [2.45, 2.75) is 19.3 Å². The van der Waals surface area contributed by atoms with E-state index in [0.29, 0.717) is 13.2 Å². The maximum absolute atomic E-state index is 8.80. The van der Waals surface area contributed by atoms with Crippen LogP contribution >= 0.6 is 0 Å². The SMILES string of the molecule is OC[C@@H]1Cn2ccnc2CO1. The number of ether oxygens (including phenoxy) is 1. The van der Waals surface area contributed by atoms with Crippen molar-refractivity contribution in [1.82, 2.24) is 9.55 Å². The third-order valence-corrected chi connectivity index (χ3v) is 1.85. The van der Waals surface area contributed by atoms with Crippen molar-refractivity contribution in [3.8, 4) is 0 Å². The molecule has 0 saturated carbocycles. The molecule has 2 heterocycles. The van der Waals surface area contributed by atoms with Gasteiger partial charge in [-0.25, -0.2) is 4.98 Å². The zero-order valence-corrected chi connectivity index (χ0v) is 6.10. The van der Waals surface area contributed by atoms with Crippen LogP contribution in [0.15, 0.2) is 12.4 Å². The third kappa shape index (κ3) is 1.15. The largest absolute Gasteiger partial charge is 0.394 e. The fourth-order valence-corrected chi connectivity index (χ4v) is 1.22. The second-order valence-corrected chi connectivity index (χ2v) is 2.61. The summed E-state index contributed by atoms with van der Waals surface area (Å²) in [6.07, 6.45) is 3.59. The van der Waals surface area contributed by atoms with E-state index in [9.17, 15) is 0 Å². The van der Waals surface area contributed by atoms with Gasteiger partial charge in [-0.1, -0.05) is 0 Å². The monoisotopic (exact) mass is 154 g/mol.